The van der Waals surface area contributed by atoms with Crippen molar-refractivity contribution in [2.75, 3.05) is 23.1 Å². The third-order valence-corrected chi connectivity index (χ3v) is 9.04. The molecule has 2 aromatic rings. The first-order chi connectivity index (χ1) is 11.8. The summed E-state index contributed by atoms with van der Waals surface area (Å²) in [6, 6.07) is 10.7. The van der Waals surface area contributed by atoms with Crippen molar-refractivity contribution in [1.82, 2.24) is 4.72 Å². The molecule has 136 valence electrons. The number of benzene rings is 1. The molecule has 1 aromatic heterocycles. The highest BCUT2D eigenvalue weighted by molar-refractivity contribution is 7.93. The highest BCUT2D eigenvalue weighted by Gasteiger charge is 2.29. The van der Waals surface area contributed by atoms with Crippen molar-refractivity contribution in [3.05, 3.63) is 46.8 Å². The summed E-state index contributed by atoms with van der Waals surface area (Å²) in [6.45, 7) is 2.21. The number of hydrogen-bond acceptors (Lipinski definition) is 5. The smallest absolute Gasteiger partial charge is 0.250 e. The molecule has 0 amide bonds. The minimum atomic E-state index is -3.67. The number of rotatable bonds is 7. The van der Waals surface area contributed by atoms with Crippen LogP contribution in [0.5, 0.6) is 0 Å². The Hall–Kier alpha value is -1.42. The maximum absolute atomic E-state index is 12.6. The summed E-state index contributed by atoms with van der Waals surface area (Å²) in [5.74, 6) is -0.271. The standard InChI is InChI=1S/C16H20N2O4S3/c1-2-14-7-8-16(23-14)25(21,22)17-10-12-24(19,20)18-11-9-13-5-3-4-6-15(13)18/h3-8,17H,2,9-12H2,1H3. The van der Waals surface area contributed by atoms with E-state index in [4.69, 9.17) is 0 Å². The van der Waals surface area contributed by atoms with Gasteiger partial charge in [0.1, 0.15) is 4.21 Å². The lowest BCUT2D eigenvalue weighted by Gasteiger charge is -2.19. The summed E-state index contributed by atoms with van der Waals surface area (Å²) in [6.07, 6.45) is 1.44. The van der Waals surface area contributed by atoms with Gasteiger partial charge in [-0.3, -0.25) is 4.31 Å². The number of nitrogens with one attached hydrogen (secondary N) is 1. The van der Waals surface area contributed by atoms with Crippen LogP contribution in [-0.2, 0) is 32.9 Å². The summed E-state index contributed by atoms with van der Waals surface area (Å²) < 4.78 is 53.6. The van der Waals surface area contributed by atoms with E-state index in [1.54, 1.807) is 24.3 Å². The molecule has 0 atom stereocenters. The van der Waals surface area contributed by atoms with E-state index in [0.29, 0.717) is 18.7 Å². The zero-order valence-corrected chi connectivity index (χ0v) is 16.3. The quantitative estimate of drug-likeness (QED) is 0.770. The second kappa shape index (κ2) is 7.06. The molecule has 9 heteroatoms. The van der Waals surface area contributed by atoms with Gasteiger partial charge in [0.25, 0.3) is 0 Å². The lowest BCUT2D eigenvalue weighted by atomic mass is 10.2. The SMILES string of the molecule is CCc1ccc(S(=O)(=O)NCCS(=O)(=O)N2CCc3ccccc32)s1. The Morgan fingerprint density at radius 2 is 1.88 bits per heavy atom. The summed E-state index contributed by atoms with van der Waals surface area (Å²) >= 11 is 1.20. The molecule has 1 aromatic carbocycles. The molecule has 0 saturated carbocycles. The molecule has 0 bridgehead atoms. The van der Waals surface area contributed by atoms with Crippen LogP contribution in [0.3, 0.4) is 0 Å². The third-order valence-electron chi connectivity index (χ3n) is 4.08. The van der Waals surface area contributed by atoms with Gasteiger partial charge in [0, 0.05) is 18.0 Å². The van der Waals surface area contributed by atoms with E-state index in [1.165, 1.54) is 15.6 Å². The van der Waals surface area contributed by atoms with Gasteiger partial charge in [-0.05, 0) is 36.6 Å². The first-order valence-electron chi connectivity index (χ1n) is 8.00. The molecule has 3 rings (SSSR count). The van der Waals surface area contributed by atoms with Gasteiger partial charge in [-0.1, -0.05) is 25.1 Å². The number of aryl methyl sites for hydroxylation is 1. The predicted octanol–water partition coefficient (Wildman–Crippen LogP) is 1.98. The molecular formula is C16H20N2O4S3. The molecule has 1 aliphatic heterocycles. The van der Waals surface area contributed by atoms with Gasteiger partial charge >= 0.3 is 0 Å². The highest BCUT2D eigenvalue weighted by Crippen LogP contribution is 2.30. The fraction of sp³-hybridized carbons (Fsp3) is 0.375. The molecule has 25 heavy (non-hydrogen) atoms. The van der Waals surface area contributed by atoms with Crippen LogP contribution in [0.25, 0.3) is 0 Å². The zero-order chi connectivity index (χ0) is 18.1. The molecule has 2 heterocycles. The fourth-order valence-corrected chi connectivity index (χ4v) is 6.70. The van der Waals surface area contributed by atoms with Gasteiger partial charge in [0.15, 0.2) is 0 Å². The number of hydrogen-bond donors (Lipinski definition) is 1. The Balaban J connectivity index is 1.65. The van der Waals surface area contributed by atoms with E-state index in [1.807, 2.05) is 19.1 Å². The molecule has 0 radical (unpaired) electrons. The molecule has 0 fully saturated rings. The molecular weight excluding hydrogens is 380 g/mol. The van der Waals surface area contributed by atoms with E-state index in [2.05, 4.69) is 4.72 Å². The zero-order valence-electron chi connectivity index (χ0n) is 13.8. The Morgan fingerprint density at radius 3 is 2.60 bits per heavy atom. The van der Waals surface area contributed by atoms with Crippen molar-refractivity contribution in [3.8, 4) is 0 Å². The second-order valence-electron chi connectivity index (χ2n) is 5.74. The second-order valence-corrected chi connectivity index (χ2v) is 10.9. The number of nitrogens with zero attached hydrogens (tertiary/aromatic N) is 1. The maximum Gasteiger partial charge on any atom is 0.250 e. The van der Waals surface area contributed by atoms with Gasteiger partial charge in [0.05, 0.1) is 11.4 Å². The fourth-order valence-electron chi connectivity index (χ4n) is 2.78. The van der Waals surface area contributed by atoms with Crippen LogP contribution >= 0.6 is 11.3 Å². The van der Waals surface area contributed by atoms with E-state index in [-0.39, 0.29) is 16.5 Å². The topological polar surface area (TPSA) is 83.5 Å². The van der Waals surface area contributed by atoms with Crippen LogP contribution < -0.4 is 9.03 Å². The Morgan fingerprint density at radius 1 is 1.12 bits per heavy atom. The van der Waals surface area contributed by atoms with Crippen LogP contribution in [0.4, 0.5) is 5.69 Å². The molecule has 0 saturated heterocycles. The first kappa shape index (κ1) is 18.4. The summed E-state index contributed by atoms with van der Waals surface area (Å²) in [5, 5.41) is 0. The monoisotopic (exact) mass is 400 g/mol. The van der Waals surface area contributed by atoms with Gasteiger partial charge in [-0.2, -0.15) is 0 Å². The van der Waals surface area contributed by atoms with Crippen molar-refractivity contribution in [1.29, 1.82) is 0 Å². The van der Waals surface area contributed by atoms with E-state index < -0.39 is 20.0 Å². The normalized spacial score (nSPS) is 14.7. The van der Waals surface area contributed by atoms with Crippen LogP contribution in [0.2, 0.25) is 0 Å². The van der Waals surface area contributed by atoms with Crippen LogP contribution in [0.1, 0.15) is 17.4 Å². The maximum atomic E-state index is 12.6. The van der Waals surface area contributed by atoms with Crippen molar-refractivity contribution in [2.45, 2.75) is 24.0 Å². The average molecular weight is 401 g/mol. The molecule has 0 spiro atoms. The van der Waals surface area contributed by atoms with Crippen LogP contribution in [-0.4, -0.2) is 35.7 Å². The largest absolute Gasteiger partial charge is 0.270 e. The summed E-state index contributed by atoms with van der Waals surface area (Å²) in [5.41, 5.74) is 1.69. The van der Waals surface area contributed by atoms with Gasteiger partial charge < -0.3 is 0 Å². The molecule has 0 unspecified atom stereocenters. The minimum absolute atomic E-state index is 0.150. The van der Waals surface area contributed by atoms with Crippen LogP contribution in [0.15, 0.2) is 40.6 Å². The summed E-state index contributed by atoms with van der Waals surface area (Å²) in [4.78, 5) is 0.974. The Labute approximate surface area is 152 Å². The summed E-state index contributed by atoms with van der Waals surface area (Å²) in [7, 11) is -7.24. The van der Waals surface area contributed by atoms with Crippen molar-refractivity contribution < 1.29 is 16.8 Å². The number of para-hydroxylation sites is 1. The Kier molecular flexibility index (Phi) is 5.19. The lowest BCUT2D eigenvalue weighted by Crippen LogP contribution is -2.36. The molecule has 0 aliphatic carbocycles. The lowest BCUT2D eigenvalue weighted by molar-refractivity contribution is 0.581. The number of thiophene rings is 1. The van der Waals surface area contributed by atoms with E-state index >= 15 is 0 Å². The van der Waals surface area contributed by atoms with E-state index in [9.17, 15) is 16.8 Å². The average Bonchev–Trinajstić information content (AvgIpc) is 3.22. The third kappa shape index (κ3) is 3.89. The van der Waals surface area contributed by atoms with E-state index in [0.717, 1.165) is 16.9 Å². The molecule has 1 N–H and O–H groups in total. The molecule has 1 aliphatic rings. The first-order valence-corrected chi connectivity index (χ1v) is 11.9. The molecule has 6 nitrogen and oxygen atoms in total. The highest BCUT2D eigenvalue weighted by atomic mass is 32.2. The van der Waals surface area contributed by atoms with Crippen molar-refractivity contribution in [2.24, 2.45) is 0 Å². The van der Waals surface area contributed by atoms with Crippen molar-refractivity contribution in [3.63, 3.8) is 0 Å². The number of sulfonamides is 2. The predicted molar refractivity (Wildman–Crippen MR) is 100 cm³/mol. The number of fused-ring (bicyclic) bond motifs is 1. The van der Waals surface area contributed by atoms with Gasteiger partial charge in [0.2, 0.25) is 20.0 Å². The number of anilines is 1. The van der Waals surface area contributed by atoms with Crippen molar-refractivity contribution >= 4 is 37.1 Å². The van der Waals surface area contributed by atoms with Gasteiger partial charge in [-0.25, -0.2) is 21.6 Å². The van der Waals surface area contributed by atoms with Gasteiger partial charge in [-0.15, -0.1) is 11.3 Å². The Bertz CT molecular complexity index is 965. The van der Waals surface area contributed by atoms with Crippen LogP contribution in [0, 0.1) is 0 Å². The minimum Gasteiger partial charge on any atom is -0.270 e.